The Morgan fingerprint density at radius 2 is 2.19 bits per heavy atom. The van der Waals surface area contributed by atoms with Crippen LogP contribution < -0.4 is 11.2 Å². The summed E-state index contributed by atoms with van der Waals surface area (Å²) < 4.78 is 0.994. The summed E-state index contributed by atoms with van der Waals surface area (Å²) in [5.74, 6) is 0. The Morgan fingerprint density at radius 3 is 2.81 bits per heavy atom. The predicted octanol–water partition coefficient (Wildman–Crippen LogP) is 0.883. The van der Waals surface area contributed by atoms with Crippen LogP contribution in [0.4, 0.5) is 0 Å². The number of rotatable bonds is 1. The molecule has 1 N–H and O–H groups in total. The number of halogens is 1. The molecule has 2 rings (SSSR count). The summed E-state index contributed by atoms with van der Waals surface area (Å²) in [6, 6.07) is 2.87. The zero-order chi connectivity index (χ0) is 11.7. The molecule has 82 valence electrons. The van der Waals surface area contributed by atoms with Crippen LogP contribution in [0.3, 0.4) is 0 Å². The van der Waals surface area contributed by atoms with Gasteiger partial charge in [0.25, 0.3) is 5.56 Å². The van der Waals surface area contributed by atoms with Crippen molar-refractivity contribution in [2.45, 2.75) is 6.92 Å². The van der Waals surface area contributed by atoms with Crippen molar-refractivity contribution >= 4 is 11.6 Å². The summed E-state index contributed by atoms with van der Waals surface area (Å²) in [7, 11) is 0. The lowest BCUT2D eigenvalue weighted by Gasteiger charge is -2.06. The van der Waals surface area contributed by atoms with E-state index >= 15 is 0 Å². The molecule has 0 saturated heterocycles. The zero-order valence-electron chi connectivity index (χ0n) is 8.40. The molecule has 2 heterocycles. The quantitative estimate of drug-likeness (QED) is 0.749. The lowest BCUT2D eigenvalue weighted by molar-refractivity contribution is 0.863. The number of nitrogens with zero attached hydrogens (tertiary/aromatic N) is 2. The third-order valence-corrected chi connectivity index (χ3v) is 2.36. The van der Waals surface area contributed by atoms with Crippen LogP contribution in [0.2, 0.25) is 5.15 Å². The van der Waals surface area contributed by atoms with Gasteiger partial charge in [-0.15, -0.1) is 0 Å². The first-order chi connectivity index (χ1) is 7.59. The number of hydrogen-bond donors (Lipinski definition) is 1. The first-order valence-corrected chi connectivity index (χ1v) is 4.90. The third-order valence-electron chi connectivity index (χ3n) is 2.15. The Labute approximate surface area is 95.3 Å². The van der Waals surface area contributed by atoms with Gasteiger partial charge in [0.2, 0.25) is 0 Å². The van der Waals surface area contributed by atoms with Crippen molar-refractivity contribution in [3.63, 3.8) is 0 Å². The van der Waals surface area contributed by atoms with Crippen molar-refractivity contribution in [2.24, 2.45) is 0 Å². The predicted molar refractivity (Wildman–Crippen MR) is 60.2 cm³/mol. The molecule has 0 atom stereocenters. The van der Waals surface area contributed by atoms with Crippen molar-refractivity contribution in [2.75, 3.05) is 0 Å². The van der Waals surface area contributed by atoms with Crippen LogP contribution in [0.25, 0.3) is 5.69 Å². The largest absolute Gasteiger partial charge is 0.334 e. The number of aromatic amines is 1. The lowest BCUT2D eigenvalue weighted by Crippen LogP contribution is -2.33. The molecule has 0 aromatic carbocycles. The number of pyridine rings is 1. The zero-order valence-corrected chi connectivity index (χ0v) is 9.15. The molecule has 5 nitrogen and oxygen atoms in total. The second-order valence-corrected chi connectivity index (χ2v) is 3.67. The van der Waals surface area contributed by atoms with Crippen molar-refractivity contribution in [3.8, 4) is 5.69 Å². The molecule has 16 heavy (non-hydrogen) atoms. The van der Waals surface area contributed by atoms with Crippen molar-refractivity contribution in [1.29, 1.82) is 0 Å². The molecule has 0 radical (unpaired) electrons. The topological polar surface area (TPSA) is 67.8 Å². The molecule has 0 fully saturated rings. The van der Waals surface area contributed by atoms with E-state index in [1.807, 2.05) is 0 Å². The molecule has 0 bridgehead atoms. The van der Waals surface area contributed by atoms with E-state index in [0.29, 0.717) is 5.69 Å². The number of hydrogen-bond acceptors (Lipinski definition) is 3. The first-order valence-electron chi connectivity index (χ1n) is 4.52. The minimum absolute atomic E-state index is 0.0211. The molecule has 0 aliphatic rings. The van der Waals surface area contributed by atoms with Gasteiger partial charge in [-0.1, -0.05) is 11.6 Å². The van der Waals surface area contributed by atoms with Crippen LogP contribution in [-0.4, -0.2) is 14.5 Å². The summed E-state index contributed by atoms with van der Waals surface area (Å²) in [6.45, 7) is 1.79. The van der Waals surface area contributed by atoms with E-state index < -0.39 is 11.2 Å². The molecule has 0 amide bonds. The van der Waals surface area contributed by atoms with Crippen LogP contribution in [0.1, 0.15) is 5.56 Å². The Morgan fingerprint density at radius 1 is 1.44 bits per heavy atom. The second-order valence-electron chi connectivity index (χ2n) is 3.26. The van der Waals surface area contributed by atoms with Gasteiger partial charge in [0.1, 0.15) is 5.15 Å². The van der Waals surface area contributed by atoms with Crippen LogP contribution in [0.5, 0.6) is 0 Å². The van der Waals surface area contributed by atoms with Gasteiger partial charge in [-0.05, 0) is 18.6 Å². The highest BCUT2D eigenvalue weighted by Crippen LogP contribution is 2.07. The van der Waals surface area contributed by atoms with E-state index in [-0.39, 0.29) is 5.15 Å². The number of nitrogens with one attached hydrogen (secondary N) is 1. The van der Waals surface area contributed by atoms with Gasteiger partial charge >= 0.3 is 5.69 Å². The smallest absolute Gasteiger partial charge is 0.297 e. The SMILES string of the molecule is Cc1ccncc1-n1c(=O)cc(Cl)[nH]c1=O. The molecule has 2 aromatic heterocycles. The number of aryl methyl sites for hydroxylation is 1. The van der Waals surface area contributed by atoms with Gasteiger partial charge < -0.3 is 0 Å². The first kappa shape index (κ1) is 10.6. The molecule has 0 aliphatic carbocycles. The molecule has 0 spiro atoms. The molecule has 2 aromatic rings. The fourth-order valence-corrected chi connectivity index (χ4v) is 1.56. The summed E-state index contributed by atoms with van der Waals surface area (Å²) in [6.07, 6.45) is 3.05. The van der Waals surface area contributed by atoms with Gasteiger partial charge in [-0.25, -0.2) is 9.36 Å². The van der Waals surface area contributed by atoms with Crippen LogP contribution in [-0.2, 0) is 0 Å². The highest BCUT2D eigenvalue weighted by Gasteiger charge is 2.07. The number of H-pyrrole nitrogens is 1. The summed E-state index contributed by atoms with van der Waals surface area (Å²) in [5.41, 5.74) is 0.175. The van der Waals surface area contributed by atoms with Crippen LogP contribution in [0, 0.1) is 6.92 Å². The fraction of sp³-hybridized carbons (Fsp3) is 0.100. The summed E-state index contributed by atoms with van der Waals surface area (Å²) in [5, 5.41) is 0.0211. The van der Waals surface area contributed by atoms with Gasteiger partial charge in [0.15, 0.2) is 0 Å². The molecular formula is C10H8ClN3O2. The van der Waals surface area contributed by atoms with E-state index in [1.165, 1.54) is 6.20 Å². The van der Waals surface area contributed by atoms with Crippen LogP contribution >= 0.6 is 11.6 Å². The normalized spacial score (nSPS) is 10.4. The maximum absolute atomic E-state index is 11.6. The van der Waals surface area contributed by atoms with Crippen LogP contribution in [0.15, 0.2) is 34.1 Å². The Kier molecular flexibility index (Phi) is 2.62. The van der Waals surface area contributed by atoms with E-state index in [0.717, 1.165) is 16.2 Å². The van der Waals surface area contributed by atoms with E-state index in [1.54, 1.807) is 19.2 Å². The van der Waals surface area contributed by atoms with Gasteiger partial charge in [0, 0.05) is 12.3 Å². The fourth-order valence-electron chi connectivity index (χ4n) is 1.39. The maximum atomic E-state index is 11.6. The average molecular weight is 238 g/mol. The van der Waals surface area contributed by atoms with E-state index in [4.69, 9.17) is 11.6 Å². The molecular weight excluding hydrogens is 230 g/mol. The number of aromatic nitrogens is 3. The van der Waals surface area contributed by atoms with Crippen molar-refractivity contribution < 1.29 is 0 Å². The molecule has 6 heteroatoms. The molecule has 0 saturated carbocycles. The maximum Gasteiger partial charge on any atom is 0.334 e. The van der Waals surface area contributed by atoms with Gasteiger partial charge in [0.05, 0.1) is 11.9 Å². The summed E-state index contributed by atoms with van der Waals surface area (Å²) in [4.78, 5) is 29.5. The van der Waals surface area contributed by atoms with Gasteiger partial charge in [-0.2, -0.15) is 0 Å². The van der Waals surface area contributed by atoms with E-state index in [9.17, 15) is 9.59 Å². The lowest BCUT2D eigenvalue weighted by atomic mass is 10.2. The second kappa shape index (κ2) is 3.94. The van der Waals surface area contributed by atoms with E-state index in [2.05, 4.69) is 9.97 Å². The minimum Gasteiger partial charge on any atom is -0.297 e. The molecule has 0 aliphatic heterocycles. The molecule has 0 unspecified atom stereocenters. The Bertz CT molecular complexity index is 614. The Hall–Kier alpha value is -1.88. The van der Waals surface area contributed by atoms with Gasteiger partial charge in [-0.3, -0.25) is 14.8 Å². The highest BCUT2D eigenvalue weighted by atomic mass is 35.5. The Balaban J connectivity index is 2.81. The third kappa shape index (κ3) is 1.77. The summed E-state index contributed by atoms with van der Waals surface area (Å²) >= 11 is 5.56. The monoisotopic (exact) mass is 237 g/mol. The minimum atomic E-state index is -0.575. The average Bonchev–Trinajstić information content (AvgIpc) is 2.19. The standard InChI is InChI=1S/C10H8ClN3O2/c1-6-2-3-12-5-7(6)14-9(15)4-8(11)13-10(14)16/h2-5H,1H3,(H,13,16). The highest BCUT2D eigenvalue weighted by molar-refractivity contribution is 6.29. The van der Waals surface area contributed by atoms with Crippen molar-refractivity contribution in [1.82, 2.24) is 14.5 Å². The van der Waals surface area contributed by atoms with Crippen molar-refractivity contribution in [3.05, 3.63) is 56.1 Å².